The van der Waals surface area contributed by atoms with Crippen LogP contribution in [0.5, 0.6) is 0 Å². The molecule has 13 heavy (non-hydrogen) atoms. The van der Waals surface area contributed by atoms with Gasteiger partial charge in [-0.05, 0) is 25.0 Å². The quantitative estimate of drug-likeness (QED) is 0.595. The summed E-state index contributed by atoms with van der Waals surface area (Å²) in [5.41, 5.74) is 0.558. The number of hydrogen-bond acceptors (Lipinski definition) is 3. The first-order chi connectivity index (χ1) is 6.28. The predicted octanol–water partition coefficient (Wildman–Crippen LogP) is 2.12. The number of nitrogens with zero attached hydrogens (tertiary/aromatic N) is 1. The molecule has 2 rings (SSSR count). The molecule has 1 fully saturated rings. The van der Waals surface area contributed by atoms with Crippen LogP contribution in [0.4, 0.5) is 5.82 Å². The molecule has 4 heteroatoms. The lowest BCUT2D eigenvalue weighted by molar-refractivity contribution is 0.112. The molecular formula is C9H9ClN2O. The van der Waals surface area contributed by atoms with Gasteiger partial charge in [-0.3, -0.25) is 4.79 Å². The lowest BCUT2D eigenvalue weighted by Crippen LogP contribution is -2.03. The van der Waals surface area contributed by atoms with Gasteiger partial charge in [0.2, 0.25) is 0 Å². The van der Waals surface area contributed by atoms with Crippen molar-refractivity contribution in [3.8, 4) is 0 Å². The minimum atomic E-state index is 0.354. The van der Waals surface area contributed by atoms with E-state index in [2.05, 4.69) is 10.3 Å². The van der Waals surface area contributed by atoms with Gasteiger partial charge in [-0.15, -0.1) is 0 Å². The zero-order valence-electron chi connectivity index (χ0n) is 6.96. The van der Waals surface area contributed by atoms with Crippen molar-refractivity contribution in [2.24, 2.45) is 0 Å². The summed E-state index contributed by atoms with van der Waals surface area (Å²) in [6.07, 6.45) is 3.11. The van der Waals surface area contributed by atoms with Crippen LogP contribution in [0.25, 0.3) is 0 Å². The highest BCUT2D eigenvalue weighted by Crippen LogP contribution is 2.24. The second-order valence-corrected chi connectivity index (χ2v) is 3.53. The molecule has 1 aromatic rings. The summed E-state index contributed by atoms with van der Waals surface area (Å²) < 4.78 is 0. The smallest absolute Gasteiger partial charge is 0.150 e. The molecule has 0 unspecified atom stereocenters. The number of pyridine rings is 1. The third kappa shape index (κ3) is 2.18. The Morgan fingerprint density at radius 2 is 2.31 bits per heavy atom. The maximum Gasteiger partial charge on any atom is 0.150 e. The van der Waals surface area contributed by atoms with E-state index in [1.165, 1.54) is 12.8 Å². The van der Waals surface area contributed by atoms with Crippen LogP contribution in [-0.4, -0.2) is 17.3 Å². The van der Waals surface area contributed by atoms with Crippen LogP contribution in [-0.2, 0) is 0 Å². The summed E-state index contributed by atoms with van der Waals surface area (Å²) >= 11 is 5.72. The second-order valence-electron chi connectivity index (χ2n) is 3.14. The Morgan fingerprint density at radius 1 is 1.54 bits per heavy atom. The van der Waals surface area contributed by atoms with E-state index in [0.29, 0.717) is 22.6 Å². The van der Waals surface area contributed by atoms with Crippen molar-refractivity contribution in [2.45, 2.75) is 18.9 Å². The van der Waals surface area contributed by atoms with Crippen LogP contribution >= 0.6 is 11.6 Å². The minimum absolute atomic E-state index is 0.354. The first-order valence-corrected chi connectivity index (χ1v) is 4.55. The average molecular weight is 197 g/mol. The first-order valence-electron chi connectivity index (χ1n) is 4.17. The Labute approximate surface area is 81.1 Å². The lowest BCUT2D eigenvalue weighted by atomic mass is 10.3. The molecule has 0 bridgehead atoms. The standard InChI is InChI=1S/C9H9ClN2O/c10-8-3-6(5-13)4-9(12-8)11-7-1-2-7/h3-5,7H,1-2H2,(H,11,12). The Balaban J connectivity index is 2.22. The number of nitrogens with one attached hydrogen (secondary N) is 1. The largest absolute Gasteiger partial charge is 0.367 e. The summed E-state index contributed by atoms with van der Waals surface area (Å²) in [6, 6.07) is 3.77. The molecule has 0 aromatic carbocycles. The third-order valence-corrected chi connectivity index (χ3v) is 2.08. The number of aromatic nitrogens is 1. The maximum atomic E-state index is 10.5. The Hall–Kier alpha value is -1.09. The van der Waals surface area contributed by atoms with Gasteiger partial charge in [-0.2, -0.15) is 0 Å². The molecule has 0 spiro atoms. The monoisotopic (exact) mass is 196 g/mol. The molecule has 0 saturated heterocycles. The SMILES string of the molecule is O=Cc1cc(Cl)nc(NC2CC2)c1. The second kappa shape index (κ2) is 3.34. The molecule has 68 valence electrons. The molecule has 1 aliphatic rings. The first kappa shape index (κ1) is 8.51. The van der Waals surface area contributed by atoms with Crippen molar-refractivity contribution < 1.29 is 4.79 Å². The molecule has 1 aliphatic carbocycles. The van der Waals surface area contributed by atoms with E-state index >= 15 is 0 Å². The van der Waals surface area contributed by atoms with Gasteiger partial charge in [0.25, 0.3) is 0 Å². The van der Waals surface area contributed by atoms with Crippen LogP contribution in [0.15, 0.2) is 12.1 Å². The molecule has 1 N–H and O–H groups in total. The number of carbonyl (C=O) groups excluding carboxylic acids is 1. The van der Waals surface area contributed by atoms with Gasteiger partial charge in [0.1, 0.15) is 17.3 Å². The van der Waals surface area contributed by atoms with E-state index in [0.717, 1.165) is 6.29 Å². The van der Waals surface area contributed by atoms with E-state index in [9.17, 15) is 4.79 Å². The highest BCUT2D eigenvalue weighted by Gasteiger charge is 2.21. The fraction of sp³-hybridized carbons (Fsp3) is 0.333. The zero-order chi connectivity index (χ0) is 9.26. The Bertz CT molecular complexity index is 336. The molecule has 0 radical (unpaired) electrons. The molecule has 0 aliphatic heterocycles. The number of rotatable bonds is 3. The van der Waals surface area contributed by atoms with Crippen molar-refractivity contribution in [3.05, 3.63) is 22.8 Å². The van der Waals surface area contributed by atoms with Crippen LogP contribution in [0.1, 0.15) is 23.2 Å². The lowest BCUT2D eigenvalue weighted by Gasteiger charge is -2.03. The van der Waals surface area contributed by atoms with Gasteiger partial charge in [-0.25, -0.2) is 4.98 Å². The molecule has 1 saturated carbocycles. The number of halogens is 1. The summed E-state index contributed by atoms with van der Waals surface area (Å²) in [5, 5.41) is 3.53. The number of anilines is 1. The molecule has 0 amide bonds. The van der Waals surface area contributed by atoms with E-state index in [4.69, 9.17) is 11.6 Å². The van der Waals surface area contributed by atoms with Gasteiger partial charge in [-0.1, -0.05) is 11.6 Å². The molecular weight excluding hydrogens is 188 g/mol. The highest BCUT2D eigenvalue weighted by molar-refractivity contribution is 6.29. The van der Waals surface area contributed by atoms with Crippen LogP contribution in [0.3, 0.4) is 0 Å². The van der Waals surface area contributed by atoms with E-state index in [-0.39, 0.29) is 0 Å². The summed E-state index contributed by atoms with van der Waals surface area (Å²) in [7, 11) is 0. The fourth-order valence-electron chi connectivity index (χ4n) is 1.10. The number of hydrogen-bond donors (Lipinski definition) is 1. The van der Waals surface area contributed by atoms with Crippen LogP contribution in [0, 0.1) is 0 Å². The van der Waals surface area contributed by atoms with E-state index in [1.807, 2.05) is 0 Å². The molecule has 0 atom stereocenters. The average Bonchev–Trinajstić information content (AvgIpc) is 2.87. The molecule has 1 heterocycles. The minimum Gasteiger partial charge on any atom is -0.367 e. The van der Waals surface area contributed by atoms with Crippen molar-refractivity contribution >= 4 is 23.7 Å². The van der Waals surface area contributed by atoms with Crippen LogP contribution in [0.2, 0.25) is 5.15 Å². The highest BCUT2D eigenvalue weighted by atomic mass is 35.5. The Kier molecular flexibility index (Phi) is 2.19. The van der Waals surface area contributed by atoms with Crippen molar-refractivity contribution in [2.75, 3.05) is 5.32 Å². The third-order valence-electron chi connectivity index (χ3n) is 1.88. The van der Waals surface area contributed by atoms with Gasteiger partial charge >= 0.3 is 0 Å². The van der Waals surface area contributed by atoms with E-state index in [1.54, 1.807) is 12.1 Å². The van der Waals surface area contributed by atoms with Gasteiger partial charge < -0.3 is 5.32 Å². The summed E-state index contributed by atoms with van der Waals surface area (Å²) in [5.74, 6) is 0.692. The van der Waals surface area contributed by atoms with Crippen molar-refractivity contribution in [1.29, 1.82) is 0 Å². The van der Waals surface area contributed by atoms with Gasteiger partial charge in [0.15, 0.2) is 0 Å². The van der Waals surface area contributed by atoms with Crippen molar-refractivity contribution in [1.82, 2.24) is 4.98 Å². The molecule has 3 nitrogen and oxygen atoms in total. The van der Waals surface area contributed by atoms with Gasteiger partial charge in [0, 0.05) is 11.6 Å². The maximum absolute atomic E-state index is 10.5. The topological polar surface area (TPSA) is 42.0 Å². The predicted molar refractivity (Wildman–Crippen MR) is 51.3 cm³/mol. The normalized spacial score (nSPS) is 15.5. The number of carbonyl (C=O) groups is 1. The number of aldehydes is 1. The van der Waals surface area contributed by atoms with Gasteiger partial charge in [0.05, 0.1) is 0 Å². The Morgan fingerprint density at radius 3 is 2.92 bits per heavy atom. The van der Waals surface area contributed by atoms with E-state index < -0.39 is 0 Å². The van der Waals surface area contributed by atoms with Crippen molar-refractivity contribution in [3.63, 3.8) is 0 Å². The summed E-state index contributed by atoms with van der Waals surface area (Å²) in [4.78, 5) is 14.6. The zero-order valence-corrected chi connectivity index (χ0v) is 7.71. The molecule has 1 aromatic heterocycles. The fourth-order valence-corrected chi connectivity index (χ4v) is 1.31. The summed E-state index contributed by atoms with van der Waals surface area (Å²) in [6.45, 7) is 0. The van der Waals surface area contributed by atoms with Crippen LogP contribution < -0.4 is 5.32 Å².